The van der Waals surface area contributed by atoms with E-state index in [4.69, 9.17) is 0 Å². The van der Waals surface area contributed by atoms with Crippen LogP contribution in [0.4, 0.5) is 5.13 Å². The highest BCUT2D eigenvalue weighted by molar-refractivity contribution is 7.10. The summed E-state index contributed by atoms with van der Waals surface area (Å²) >= 11 is 1.14. The molecule has 0 saturated heterocycles. The number of carbonyl (C=O) groups excluding carboxylic acids is 1. The third-order valence-electron chi connectivity index (χ3n) is 2.39. The fraction of sp³-hybridized carbons (Fsp3) is 0.500. The lowest BCUT2D eigenvalue weighted by Gasteiger charge is -2.17. The summed E-state index contributed by atoms with van der Waals surface area (Å²) in [5.41, 5.74) is 0.631. The summed E-state index contributed by atoms with van der Waals surface area (Å²) in [6.07, 6.45) is 0.515. The van der Waals surface area contributed by atoms with E-state index >= 15 is 0 Å². The predicted octanol–water partition coefficient (Wildman–Crippen LogP) is 1.27. The number of amides is 1. The first-order chi connectivity index (χ1) is 7.50. The van der Waals surface area contributed by atoms with Crippen molar-refractivity contribution < 1.29 is 9.90 Å². The van der Waals surface area contributed by atoms with Crippen molar-refractivity contribution in [1.82, 2.24) is 9.36 Å². The van der Waals surface area contributed by atoms with E-state index < -0.39 is 6.23 Å². The zero-order valence-corrected chi connectivity index (χ0v) is 10.2. The lowest BCUT2D eigenvalue weighted by molar-refractivity contribution is -0.114. The van der Waals surface area contributed by atoms with Gasteiger partial charge in [0, 0.05) is 23.5 Å². The van der Waals surface area contributed by atoms with Gasteiger partial charge in [0.1, 0.15) is 5.82 Å². The van der Waals surface area contributed by atoms with Crippen LogP contribution in [0.5, 0.6) is 0 Å². The van der Waals surface area contributed by atoms with Crippen LogP contribution in [0, 0.1) is 0 Å². The average molecular weight is 239 g/mol. The second-order valence-corrected chi connectivity index (χ2v) is 4.79. The Kier molecular flexibility index (Phi) is 2.77. The number of nitrogens with zero attached hydrogens (tertiary/aromatic N) is 3. The predicted molar refractivity (Wildman–Crippen MR) is 61.2 cm³/mol. The molecule has 1 atom stereocenters. The molecule has 0 spiro atoms. The van der Waals surface area contributed by atoms with E-state index in [1.54, 1.807) is 6.92 Å². The average Bonchev–Trinajstić information content (AvgIpc) is 2.74. The Hall–Kier alpha value is -1.27. The minimum absolute atomic E-state index is 0.217. The number of aliphatic hydroxyl groups excluding tert-OH is 1. The molecule has 16 heavy (non-hydrogen) atoms. The molecule has 5 nitrogen and oxygen atoms in total. The number of carbonyl (C=O) groups is 1. The van der Waals surface area contributed by atoms with E-state index in [2.05, 4.69) is 9.36 Å². The van der Waals surface area contributed by atoms with Gasteiger partial charge in [-0.05, 0) is 12.5 Å². The molecule has 2 rings (SSSR count). The maximum Gasteiger partial charge on any atom is 0.255 e. The van der Waals surface area contributed by atoms with Gasteiger partial charge >= 0.3 is 0 Å². The highest BCUT2D eigenvalue weighted by Crippen LogP contribution is 2.28. The Labute approximate surface area is 97.6 Å². The smallest absolute Gasteiger partial charge is 0.255 e. The second-order valence-electron chi connectivity index (χ2n) is 4.06. The molecule has 86 valence electrons. The minimum Gasteiger partial charge on any atom is -0.369 e. The Morgan fingerprint density at radius 3 is 2.69 bits per heavy atom. The molecule has 1 aliphatic rings. The SMILES string of the molecule is CC1=CC(=O)N(c2nc(C(C)C)ns2)C1O. The van der Waals surface area contributed by atoms with Gasteiger partial charge in [0.15, 0.2) is 6.23 Å². The van der Waals surface area contributed by atoms with Crippen LogP contribution in [0.3, 0.4) is 0 Å². The summed E-state index contributed by atoms with van der Waals surface area (Å²) in [6.45, 7) is 5.68. The molecule has 1 unspecified atom stereocenters. The van der Waals surface area contributed by atoms with Crippen LogP contribution in [0.1, 0.15) is 32.5 Å². The number of rotatable bonds is 2. The van der Waals surface area contributed by atoms with Gasteiger partial charge in [-0.15, -0.1) is 0 Å². The largest absolute Gasteiger partial charge is 0.369 e. The lowest BCUT2D eigenvalue weighted by atomic mass is 10.2. The van der Waals surface area contributed by atoms with E-state index in [0.717, 1.165) is 11.5 Å². The maximum atomic E-state index is 11.6. The first-order valence-corrected chi connectivity index (χ1v) is 5.81. The van der Waals surface area contributed by atoms with E-state index in [1.165, 1.54) is 11.0 Å². The van der Waals surface area contributed by atoms with Gasteiger partial charge in [-0.25, -0.2) is 4.98 Å². The maximum absolute atomic E-state index is 11.6. The van der Waals surface area contributed by atoms with Crippen molar-refractivity contribution in [3.05, 3.63) is 17.5 Å². The first-order valence-electron chi connectivity index (χ1n) is 5.03. The van der Waals surface area contributed by atoms with Crippen LogP contribution < -0.4 is 4.90 Å². The number of hydrogen-bond acceptors (Lipinski definition) is 5. The summed E-state index contributed by atoms with van der Waals surface area (Å²) in [5, 5.41) is 10.3. The molecule has 6 heteroatoms. The van der Waals surface area contributed by atoms with Crippen LogP contribution >= 0.6 is 11.5 Å². The summed E-state index contributed by atoms with van der Waals surface area (Å²) in [6, 6.07) is 0. The molecule has 0 saturated carbocycles. The highest BCUT2D eigenvalue weighted by atomic mass is 32.1. The molecule has 1 aliphatic heterocycles. The van der Waals surface area contributed by atoms with Crippen LogP contribution in [0.2, 0.25) is 0 Å². The molecule has 0 aromatic carbocycles. The summed E-state index contributed by atoms with van der Waals surface area (Å²) in [4.78, 5) is 17.1. The fourth-order valence-electron chi connectivity index (χ4n) is 1.42. The lowest BCUT2D eigenvalue weighted by Crippen LogP contribution is -2.34. The monoisotopic (exact) mass is 239 g/mol. The minimum atomic E-state index is -0.902. The van der Waals surface area contributed by atoms with Crippen LogP contribution in [-0.4, -0.2) is 26.6 Å². The van der Waals surface area contributed by atoms with Crippen molar-refractivity contribution in [1.29, 1.82) is 0 Å². The molecule has 1 N–H and O–H groups in total. The quantitative estimate of drug-likeness (QED) is 0.844. The molecule has 0 radical (unpaired) electrons. The second kappa shape index (κ2) is 3.95. The fourth-order valence-corrected chi connectivity index (χ4v) is 2.26. The Morgan fingerprint density at radius 1 is 1.56 bits per heavy atom. The van der Waals surface area contributed by atoms with E-state index in [9.17, 15) is 9.90 Å². The van der Waals surface area contributed by atoms with Gasteiger partial charge < -0.3 is 5.11 Å². The molecule has 1 aromatic rings. The Morgan fingerprint density at radius 2 is 2.25 bits per heavy atom. The Bertz CT molecular complexity index is 453. The van der Waals surface area contributed by atoms with Crippen LogP contribution in [0.25, 0.3) is 0 Å². The van der Waals surface area contributed by atoms with Crippen molar-refractivity contribution in [3.8, 4) is 0 Å². The van der Waals surface area contributed by atoms with Crippen molar-refractivity contribution in [3.63, 3.8) is 0 Å². The summed E-state index contributed by atoms with van der Waals surface area (Å²) in [7, 11) is 0. The number of hydrogen-bond donors (Lipinski definition) is 1. The standard InChI is InChI=1S/C10H13N3O2S/c1-5(2)8-11-10(16-12-8)13-7(14)4-6(3)9(13)15/h4-5,9,15H,1-3H3. The van der Waals surface area contributed by atoms with Gasteiger partial charge in [0.05, 0.1) is 0 Å². The van der Waals surface area contributed by atoms with Crippen molar-refractivity contribution >= 4 is 22.6 Å². The van der Waals surface area contributed by atoms with E-state index in [0.29, 0.717) is 16.5 Å². The normalized spacial score (nSPS) is 20.8. The molecular formula is C10H13N3O2S. The number of anilines is 1. The van der Waals surface area contributed by atoms with Gasteiger partial charge in [-0.3, -0.25) is 9.69 Å². The molecule has 0 bridgehead atoms. The first kappa shape index (κ1) is 11.2. The molecule has 0 fully saturated rings. The van der Waals surface area contributed by atoms with Crippen molar-refractivity contribution in [2.24, 2.45) is 0 Å². The number of aliphatic hydroxyl groups is 1. The molecule has 1 amide bonds. The molecule has 0 aliphatic carbocycles. The zero-order valence-electron chi connectivity index (χ0n) is 9.34. The van der Waals surface area contributed by atoms with Crippen molar-refractivity contribution in [2.45, 2.75) is 32.9 Å². The van der Waals surface area contributed by atoms with Gasteiger partial charge in [-0.2, -0.15) is 4.37 Å². The van der Waals surface area contributed by atoms with Gasteiger partial charge in [0.2, 0.25) is 5.13 Å². The third kappa shape index (κ3) is 1.74. The molecular weight excluding hydrogens is 226 g/mol. The van der Waals surface area contributed by atoms with Crippen LogP contribution in [0.15, 0.2) is 11.6 Å². The van der Waals surface area contributed by atoms with E-state index in [-0.39, 0.29) is 11.8 Å². The summed E-state index contributed by atoms with van der Waals surface area (Å²) < 4.78 is 4.16. The molecule has 2 heterocycles. The molecule has 1 aromatic heterocycles. The number of aromatic nitrogens is 2. The summed E-state index contributed by atoms with van der Waals surface area (Å²) in [5.74, 6) is 0.676. The van der Waals surface area contributed by atoms with E-state index in [1.807, 2.05) is 13.8 Å². The van der Waals surface area contributed by atoms with Gasteiger partial charge in [0.25, 0.3) is 5.91 Å². The zero-order chi connectivity index (χ0) is 11.9. The topological polar surface area (TPSA) is 66.3 Å². The van der Waals surface area contributed by atoms with Crippen molar-refractivity contribution in [2.75, 3.05) is 4.90 Å². The highest BCUT2D eigenvalue weighted by Gasteiger charge is 2.32. The van der Waals surface area contributed by atoms with Gasteiger partial charge in [-0.1, -0.05) is 13.8 Å². The Balaban J connectivity index is 2.28. The third-order valence-corrected chi connectivity index (χ3v) is 3.12. The van der Waals surface area contributed by atoms with Crippen LogP contribution in [-0.2, 0) is 4.79 Å².